The molecule has 7 nitrogen and oxygen atoms in total. The van der Waals surface area contributed by atoms with Gasteiger partial charge < -0.3 is 23.8 Å². The topological polar surface area (TPSA) is 104 Å². The number of nitrogens with one attached hydrogen (secondary N) is 1. The smallest absolute Gasteiger partial charge is 0.327 e. The highest BCUT2D eigenvalue weighted by molar-refractivity contribution is 7.39. The highest BCUT2D eigenvalue weighted by Gasteiger charge is 2.08. The summed E-state index contributed by atoms with van der Waals surface area (Å²) in [6.07, 6.45) is 3.04. The summed E-state index contributed by atoms with van der Waals surface area (Å²) in [5, 5.41) is 3.69. The summed E-state index contributed by atoms with van der Waals surface area (Å²) in [6, 6.07) is 1.66. The van der Waals surface area contributed by atoms with E-state index in [0.29, 0.717) is 17.2 Å². The number of hydrogen-bond acceptors (Lipinski definition) is 6. The van der Waals surface area contributed by atoms with Crippen molar-refractivity contribution in [2.75, 3.05) is 0 Å². The van der Waals surface area contributed by atoms with Crippen molar-refractivity contribution in [3.63, 3.8) is 0 Å². The highest BCUT2D eigenvalue weighted by atomic mass is 31.2. The summed E-state index contributed by atoms with van der Waals surface area (Å²) in [6.45, 7) is 0.0348. The van der Waals surface area contributed by atoms with E-state index in [2.05, 4.69) is 24.2 Å². The Morgan fingerprint density at radius 1 is 1.53 bits per heavy atom. The van der Waals surface area contributed by atoms with Crippen LogP contribution in [0.2, 0.25) is 0 Å². The van der Waals surface area contributed by atoms with Gasteiger partial charge in [0.15, 0.2) is 5.82 Å². The van der Waals surface area contributed by atoms with Crippen LogP contribution < -0.4 is 0 Å². The Kier molecular flexibility index (Phi) is 3.08. The van der Waals surface area contributed by atoms with Gasteiger partial charge in [-0.05, 0) is 0 Å². The van der Waals surface area contributed by atoms with E-state index in [1.807, 2.05) is 0 Å². The molecule has 80 valence electrons. The molecule has 0 aliphatic carbocycles. The quantitative estimate of drug-likeness (QED) is 0.669. The van der Waals surface area contributed by atoms with Gasteiger partial charge in [0.1, 0.15) is 12.0 Å². The maximum absolute atomic E-state index is 8.54. The van der Waals surface area contributed by atoms with Crippen LogP contribution in [0.15, 0.2) is 23.0 Å². The first-order valence-electron chi connectivity index (χ1n) is 4.01. The molecule has 0 aliphatic rings. The fourth-order valence-electron chi connectivity index (χ4n) is 1.02. The Morgan fingerprint density at radius 2 is 2.40 bits per heavy atom. The van der Waals surface area contributed by atoms with Crippen molar-refractivity contribution < 1.29 is 18.8 Å². The van der Waals surface area contributed by atoms with Gasteiger partial charge in [0.2, 0.25) is 0 Å². The van der Waals surface area contributed by atoms with E-state index < -0.39 is 8.60 Å². The molecule has 0 saturated carbocycles. The molecule has 0 amide bonds. The molecule has 0 aliphatic heterocycles. The van der Waals surface area contributed by atoms with E-state index in [4.69, 9.17) is 9.79 Å². The average Bonchev–Trinajstić information content (AvgIpc) is 2.85. The van der Waals surface area contributed by atoms with Crippen LogP contribution in [-0.4, -0.2) is 24.9 Å². The number of imidazole rings is 1. The van der Waals surface area contributed by atoms with Gasteiger partial charge in [-0.25, -0.2) is 4.98 Å². The molecule has 0 aromatic carbocycles. The van der Waals surface area contributed by atoms with Crippen LogP contribution in [0.4, 0.5) is 0 Å². The molecule has 2 rings (SSSR count). The van der Waals surface area contributed by atoms with Gasteiger partial charge in [-0.15, -0.1) is 0 Å². The maximum Gasteiger partial charge on any atom is 0.327 e. The lowest BCUT2D eigenvalue weighted by Crippen LogP contribution is -1.88. The Balaban J connectivity index is 2.04. The van der Waals surface area contributed by atoms with Crippen LogP contribution >= 0.6 is 8.60 Å². The molecule has 0 saturated heterocycles. The molecular weight excluding hydrogens is 221 g/mol. The van der Waals surface area contributed by atoms with E-state index in [0.717, 1.165) is 0 Å². The number of aromatic nitrogens is 3. The van der Waals surface area contributed by atoms with Gasteiger partial charge in [-0.2, -0.15) is 0 Å². The molecule has 0 bridgehead atoms. The normalized spacial score (nSPS) is 11.1. The first-order valence-corrected chi connectivity index (χ1v) is 5.18. The highest BCUT2D eigenvalue weighted by Crippen LogP contribution is 2.26. The van der Waals surface area contributed by atoms with Gasteiger partial charge in [0.05, 0.1) is 12.3 Å². The second-order valence-corrected chi connectivity index (χ2v) is 3.41. The zero-order valence-electron chi connectivity index (χ0n) is 7.49. The Hall–Kier alpha value is -1.27. The predicted octanol–water partition coefficient (Wildman–Crippen LogP) is 0.793. The summed E-state index contributed by atoms with van der Waals surface area (Å²) in [5.41, 5.74) is 1.14. The lowest BCUT2D eigenvalue weighted by Gasteiger charge is -1.99. The van der Waals surface area contributed by atoms with Crippen LogP contribution in [0, 0.1) is 0 Å². The molecule has 0 unspecified atom stereocenters. The molecule has 2 heterocycles. The number of aromatic amines is 1. The second-order valence-electron chi connectivity index (χ2n) is 2.65. The second kappa shape index (κ2) is 4.50. The van der Waals surface area contributed by atoms with Crippen LogP contribution in [0.25, 0.3) is 11.5 Å². The van der Waals surface area contributed by atoms with Crippen molar-refractivity contribution in [1.82, 2.24) is 15.1 Å². The molecule has 0 radical (unpaired) electrons. The van der Waals surface area contributed by atoms with E-state index in [-0.39, 0.29) is 6.61 Å². The molecule has 0 spiro atoms. The molecule has 2 aromatic heterocycles. The number of nitrogens with zero attached hydrogens (tertiary/aromatic N) is 2. The van der Waals surface area contributed by atoms with Gasteiger partial charge in [-0.1, -0.05) is 5.16 Å². The number of rotatable bonds is 4. The Morgan fingerprint density at radius 3 is 3.07 bits per heavy atom. The van der Waals surface area contributed by atoms with Crippen LogP contribution in [0.5, 0.6) is 0 Å². The molecule has 2 aromatic rings. The summed E-state index contributed by atoms with van der Waals surface area (Å²) < 4.78 is 9.27. The fourth-order valence-corrected chi connectivity index (χ4v) is 1.27. The third-order valence-electron chi connectivity index (χ3n) is 1.64. The fraction of sp³-hybridized carbons (Fsp3) is 0.143. The van der Waals surface area contributed by atoms with Crippen molar-refractivity contribution in [2.24, 2.45) is 0 Å². The lowest BCUT2D eigenvalue weighted by molar-refractivity contribution is 0.243. The molecular formula is C7H8N3O4P. The summed E-state index contributed by atoms with van der Waals surface area (Å²) in [4.78, 5) is 24.0. The SMILES string of the molecule is OP(O)OCc1c[nH]c(-c2ccon2)n1. The summed E-state index contributed by atoms with van der Waals surface area (Å²) in [5.74, 6) is 0.544. The number of H-pyrrole nitrogens is 1. The van der Waals surface area contributed by atoms with Crippen molar-refractivity contribution in [2.45, 2.75) is 6.61 Å². The monoisotopic (exact) mass is 229 g/mol. The van der Waals surface area contributed by atoms with Crippen molar-refractivity contribution >= 4 is 8.60 Å². The minimum Gasteiger partial charge on any atom is -0.364 e. The van der Waals surface area contributed by atoms with Crippen LogP contribution in [-0.2, 0) is 11.1 Å². The first-order chi connectivity index (χ1) is 7.25. The van der Waals surface area contributed by atoms with Crippen molar-refractivity contribution in [3.05, 3.63) is 24.2 Å². The average molecular weight is 229 g/mol. The van der Waals surface area contributed by atoms with Crippen LogP contribution in [0.1, 0.15) is 5.69 Å². The zero-order chi connectivity index (χ0) is 10.7. The lowest BCUT2D eigenvalue weighted by atomic mass is 10.4. The van der Waals surface area contributed by atoms with E-state index in [1.54, 1.807) is 12.3 Å². The molecule has 0 fully saturated rings. The van der Waals surface area contributed by atoms with Gasteiger partial charge >= 0.3 is 8.60 Å². The van der Waals surface area contributed by atoms with E-state index in [1.165, 1.54) is 6.26 Å². The van der Waals surface area contributed by atoms with E-state index >= 15 is 0 Å². The van der Waals surface area contributed by atoms with Gasteiger partial charge in [-0.3, -0.25) is 0 Å². The summed E-state index contributed by atoms with van der Waals surface area (Å²) >= 11 is 0. The third kappa shape index (κ3) is 2.60. The van der Waals surface area contributed by atoms with Crippen molar-refractivity contribution in [3.8, 4) is 11.5 Å². The van der Waals surface area contributed by atoms with Gasteiger partial charge in [0.25, 0.3) is 0 Å². The summed E-state index contributed by atoms with van der Waals surface area (Å²) in [7, 11) is -2.35. The zero-order valence-corrected chi connectivity index (χ0v) is 8.39. The number of hydrogen-bond donors (Lipinski definition) is 3. The first kappa shape index (κ1) is 10.3. The van der Waals surface area contributed by atoms with Gasteiger partial charge in [0, 0.05) is 12.3 Å². The Labute approximate surface area is 85.7 Å². The predicted molar refractivity (Wildman–Crippen MR) is 50.2 cm³/mol. The Bertz CT molecular complexity index is 414. The van der Waals surface area contributed by atoms with E-state index in [9.17, 15) is 0 Å². The minimum absolute atomic E-state index is 0.0348. The van der Waals surface area contributed by atoms with Crippen molar-refractivity contribution in [1.29, 1.82) is 0 Å². The molecule has 8 heteroatoms. The molecule has 15 heavy (non-hydrogen) atoms. The molecule has 3 N–H and O–H groups in total. The largest absolute Gasteiger partial charge is 0.364 e. The van der Waals surface area contributed by atoms with Crippen LogP contribution in [0.3, 0.4) is 0 Å². The maximum atomic E-state index is 8.54. The molecule has 0 atom stereocenters. The minimum atomic E-state index is -2.35. The standard InChI is InChI=1S/C7H8N3O4P/c11-15(12)14-4-5-3-8-7(9-5)6-1-2-13-10-6/h1-3,11-12H,4H2,(H,8,9). The third-order valence-corrected chi connectivity index (χ3v) is 2.00.